The van der Waals surface area contributed by atoms with Crippen molar-refractivity contribution in [2.24, 2.45) is 5.92 Å². The summed E-state index contributed by atoms with van der Waals surface area (Å²) in [7, 11) is 2.90. The van der Waals surface area contributed by atoms with Gasteiger partial charge in [-0.05, 0) is 46.9 Å². The number of nitrogens with one attached hydrogen (secondary N) is 1. The van der Waals surface area contributed by atoms with Crippen molar-refractivity contribution in [1.82, 2.24) is 10.2 Å². The Bertz CT molecular complexity index is 1630. The van der Waals surface area contributed by atoms with Gasteiger partial charge < -0.3 is 34.3 Å². The molecule has 0 fully saturated rings. The summed E-state index contributed by atoms with van der Waals surface area (Å²) in [6.07, 6.45) is -1.56. The number of para-hydroxylation sites is 4. The molecule has 4 aromatic rings. The molecule has 246 valence electrons. The number of carbonyl (C=O) groups is 3. The molecule has 0 saturated heterocycles. The molecule has 10 heteroatoms. The van der Waals surface area contributed by atoms with Gasteiger partial charge in [0.2, 0.25) is 0 Å². The van der Waals surface area contributed by atoms with E-state index >= 15 is 0 Å². The van der Waals surface area contributed by atoms with Crippen LogP contribution in [0.25, 0.3) is 11.1 Å². The van der Waals surface area contributed by atoms with Crippen molar-refractivity contribution in [3.63, 3.8) is 0 Å². The van der Waals surface area contributed by atoms with Crippen molar-refractivity contribution in [3.05, 3.63) is 109 Å². The van der Waals surface area contributed by atoms with Crippen LogP contribution >= 0.6 is 0 Å². The molecule has 4 rings (SSSR count). The number of aliphatic hydroxyl groups excluding tert-OH is 1. The third-order valence-electron chi connectivity index (χ3n) is 7.18. The highest BCUT2D eigenvalue weighted by Crippen LogP contribution is 2.28. The van der Waals surface area contributed by atoms with Gasteiger partial charge in [-0.25, -0.2) is 14.4 Å². The van der Waals surface area contributed by atoms with Crippen molar-refractivity contribution in [2.75, 3.05) is 27.3 Å². The van der Waals surface area contributed by atoms with Gasteiger partial charge in [-0.15, -0.1) is 0 Å². The predicted molar refractivity (Wildman–Crippen MR) is 178 cm³/mol. The normalized spacial score (nSPS) is 12.0. The number of ether oxygens (including phenoxy) is 4. The molecule has 10 nitrogen and oxygen atoms in total. The topological polar surface area (TPSA) is 124 Å². The number of carbonyl (C=O) groups excluding carboxylic acids is 3. The summed E-state index contributed by atoms with van der Waals surface area (Å²) >= 11 is 0. The van der Waals surface area contributed by atoms with Gasteiger partial charge in [0.05, 0.1) is 20.8 Å². The lowest BCUT2D eigenvalue weighted by molar-refractivity contribution is -0.144. The molecule has 0 saturated carbocycles. The Labute approximate surface area is 274 Å². The van der Waals surface area contributed by atoms with Crippen LogP contribution in [0.5, 0.6) is 23.0 Å². The molecule has 4 aromatic carbocycles. The van der Waals surface area contributed by atoms with Gasteiger partial charge in [0, 0.05) is 13.0 Å². The van der Waals surface area contributed by atoms with E-state index in [2.05, 4.69) is 5.32 Å². The van der Waals surface area contributed by atoms with Crippen LogP contribution in [0.3, 0.4) is 0 Å². The number of benzene rings is 4. The fraction of sp³-hybridized carbons (Fsp3) is 0.270. The van der Waals surface area contributed by atoms with Crippen LogP contribution in [0.4, 0.5) is 4.79 Å². The highest BCUT2D eigenvalue weighted by molar-refractivity contribution is 5.86. The van der Waals surface area contributed by atoms with Crippen molar-refractivity contribution in [3.8, 4) is 34.1 Å². The van der Waals surface area contributed by atoms with E-state index in [9.17, 15) is 19.5 Å². The van der Waals surface area contributed by atoms with Gasteiger partial charge in [-0.3, -0.25) is 0 Å². The van der Waals surface area contributed by atoms with Gasteiger partial charge in [-0.2, -0.15) is 0 Å². The molecule has 1 unspecified atom stereocenters. The molecule has 0 aromatic heterocycles. The van der Waals surface area contributed by atoms with Crippen LogP contribution in [0.2, 0.25) is 0 Å². The highest BCUT2D eigenvalue weighted by atomic mass is 16.6. The van der Waals surface area contributed by atoms with E-state index in [1.165, 1.54) is 25.2 Å². The van der Waals surface area contributed by atoms with E-state index in [1.54, 1.807) is 42.5 Å². The fourth-order valence-corrected chi connectivity index (χ4v) is 4.86. The van der Waals surface area contributed by atoms with Crippen LogP contribution in [-0.2, 0) is 16.0 Å². The summed E-state index contributed by atoms with van der Waals surface area (Å²) in [5.74, 6) is -0.683. The first-order chi connectivity index (χ1) is 22.7. The summed E-state index contributed by atoms with van der Waals surface area (Å²) in [5.41, 5.74) is 2.83. The average molecular weight is 641 g/mol. The highest BCUT2D eigenvalue weighted by Gasteiger charge is 2.30. The quantitative estimate of drug-likeness (QED) is 0.136. The summed E-state index contributed by atoms with van der Waals surface area (Å²) in [5, 5.41) is 13.6. The number of hydrogen-bond acceptors (Lipinski definition) is 8. The van der Waals surface area contributed by atoms with E-state index in [-0.39, 0.29) is 36.9 Å². The van der Waals surface area contributed by atoms with Crippen LogP contribution in [0.15, 0.2) is 103 Å². The zero-order chi connectivity index (χ0) is 33.8. The van der Waals surface area contributed by atoms with Crippen molar-refractivity contribution in [1.29, 1.82) is 0 Å². The molecule has 0 aliphatic carbocycles. The first-order valence-electron chi connectivity index (χ1n) is 15.3. The third-order valence-corrected chi connectivity index (χ3v) is 7.18. The molecule has 0 spiro atoms. The van der Waals surface area contributed by atoms with Crippen LogP contribution in [0, 0.1) is 5.92 Å². The van der Waals surface area contributed by atoms with Crippen LogP contribution in [0.1, 0.15) is 19.4 Å². The average Bonchev–Trinajstić information content (AvgIpc) is 3.08. The summed E-state index contributed by atoms with van der Waals surface area (Å²) in [6.45, 7) is 3.59. The number of esters is 2. The first kappa shape index (κ1) is 34.5. The first-order valence-corrected chi connectivity index (χ1v) is 15.3. The van der Waals surface area contributed by atoms with Crippen molar-refractivity contribution in [2.45, 2.75) is 32.4 Å². The maximum atomic E-state index is 13.7. The zero-order valence-electron chi connectivity index (χ0n) is 26.9. The number of amides is 2. The SMILES string of the molecule is COc1ccccc1OC(=O)C(O)CN(CC(C)C)C(=O)N[C@@H](Cc1ccc(-c2ccccc2)cc1)C(=O)Oc1ccccc1OC. The second-order valence-electron chi connectivity index (χ2n) is 11.2. The number of nitrogens with zero attached hydrogens (tertiary/aromatic N) is 1. The van der Waals surface area contributed by atoms with Crippen molar-refractivity contribution >= 4 is 18.0 Å². The standard InChI is InChI=1S/C37H40N2O8/c1-25(2)23-39(24-30(40)36(42)47-34-17-11-9-15-32(34)45-4)37(43)38-29(35(41)46-33-16-10-8-14-31(33)44-3)22-26-18-20-28(21-19-26)27-12-6-5-7-13-27/h5-21,25,29-30,40H,22-24H2,1-4H3,(H,38,43)/t29-,30?/m0/s1. The largest absolute Gasteiger partial charge is 0.493 e. The Balaban J connectivity index is 1.53. The minimum absolute atomic E-state index is 0.0253. The Morgan fingerprint density at radius 3 is 1.68 bits per heavy atom. The van der Waals surface area contributed by atoms with Gasteiger partial charge in [0.15, 0.2) is 29.1 Å². The Morgan fingerprint density at radius 1 is 0.660 bits per heavy atom. The number of hydrogen-bond donors (Lipinski definition) is 2. The van der Waals surface area contributed by atoms with E-state index in [0.717, 1.165) is 16.7 Å². The van der Waals surface area contributed by atoms with Gasteiger partial charge in [-0.1, -0.05) is 92.7 Å². The Hall–Kier alpha value is -5.35. The lowest BCUT2D eigenvalue weighted by Crippen LogP contribution is -2.53. The molecule has 2 atom stereocenters. The molecule has 0 aliphatic heterocycles. The molecule has 0 heterocycles. The lowest BCUT2D eigenvalue weighted by Gasteiger charge is -2.28. The molecule has 47 heavy (non-hydrogen) atoms. The van der Waals surface area contributed by atoms with E-state index < -0.39 is 30.1 Å². The van der Waals surface area contributed by atoms with Crippen LogP contribution in [-0.4, -0.2) is 67.4 Å². The monoisotopic (exact) mass is 640 g/mol. The molecule has 0 bridgehead atoms. The van der Waals surface area contributed by atoms with Gasteiger partial charge >= 0.3 is 18.0 Å². The summed E-state index contributed by atoms with van der Waals surface area (Å²) < 4.78 is 21.6. The number of urea groups is 1. The zero-order valence-corrected chi connectivity index (χ0v) is 26.9. The second kappa shape index (κ2) is 16.8. The van der Waals surface area contributed by atoms with Crippen LogP contribution < -0.4 is 24.3 Å². The lowest BCUT2D eigenvalue weighted by atomic mass is 10.0. The van der Waals surface area contributed by atoms with E-state index in [1.807, 2.05) is 68.4 Å². The number of rotatable bonds is 14. The van der Waals surface area contributed by atoms with E-state index in [0.29, 0.717) is 11.5 Å². The minimum Gasteiger partial charge on any atom is -0.493 e. The Kier molecular flexibility index (Phi) is 12.4. The third kappa shape index (κ3) is 9.82. The molecule has 2 N–H and O–H groups in total. The maximum Gasteiger partial charge on any atom is 0.342 e. The molecular formula is C37H40N2O8. The molecule has 2 amide bonds. The molecule has 0 aliphatic rings. The summed E-state index contributed by atoms with van der Waals surface area (Å²) in [6, 6.07) is 29.0. The predicted octanol–water partition coefficient (Wildman–Crippen LogP) is 5.52. The smallest absolute Gasteiger partial charge is 0.342 e. The van der Waals surface area contributed by atoms with Crippen molar-refractivity contribution < 1.29 is 38.4 Å². The van der Waals surface area contributed by atoms with E-state index in [4.69, 9.17) is 18.9 Å². The fourth-order valence-electron chi connectivity index (χ4n) is 4.86. The van der Waals surface area contributed by atoms with Gasteiger partial charge in [0.25, 0.3) is 0 Å². The Morgan fingerprint density at radius 2 is 1.15 bits per heavy atom. The number of methoxy groups -OCH3 is 2. The second-order valence-corrected chi connectivity index (χ2v) is 11.2. The van der Waals surface area contributed by atoms with Gasteiger partial charge in [0.1, 0.15) is 6.04 Å². The summed E-state index contributed by atoms with van der Waals surface area (Å²) in [4.78, 5) is 41.4. The number of aliphatic hydroxyl groups is 1. The molecule has 0 radical (unpaired) electrons. The molecular weight excluding hydrogens is 600 g/mol. The maximum absolute atomic E-state index is 13.7. The minimum atomic E-state index is -1.67.